The maximum Gasteiger partial charge on any atom is 0.296 e. The molecule has 5 nitrogen and oxygen atoms in total. The lowest BCUT2D eigenvalue weighted by atomic mass is 10.2. The first-order valence-electron chi connectivity index (χ1n) is 3.48. The van der Waals surface area contributed by atoms with Gasteiger partial charge in [0.1, 0.15) is 5.75 Å². The monoisotopic (exact) mass is 202 g/mol. The zero-order valence-electron chi connectivity index (χ0n) is 6.98. The molecule has 0 spiro atoms. The van der Waals surface area contributed by atoms with Crippen LogP contribution in [0.15, 0.2) is 18.2 Å². The summed E-state index contributed by atoms with van der Waals surface area (Å²) in [5, 5.41) is 14.0. The van der Waals surface area contributed by atoms with Gasteiger partial charge in [-0.15, -0.1) is 0 Å². The van der Waals surface area contributed by atoms with Gasteiger partial charge < -0.3 is 5.11 Å². The highest BCUT2D eigenvalue weighted by Gasteiger charge is 2.06. The van der Waals surface area contributed by atoms with Crippen LogP contribution >= 0.6 is 0 Å². The summed E-state index contributed by atoms with van der Waals surface area (Å²) in [7, 11) is -3.82. The van der Waals surface area contributed by atoms with Crippen molar-refractivity contribution in [3.63, 3.8) is 0 Å². The van der Waals surface area contributed by atoms with E-state index in [0.717, 1.165) is 5.56 Å². The van der Waals surface area contributed by atoms with Crippen LogP contribution in [0.4, 0.5) is 5.69 Å². The van der Waals surface area contributed by atoms with Gasteiger partial charge in [-0.25, -0.2) is 5.14 Å². The summed E-state index contributed by atoms with van der Waals surface area (Å²) in [5.74, 6) is -0.144. The Morgan fingerprint density at radius 1 is 1.46 bits per heavy atom. The zero-order chi connectivity index (χ0) is 10.1. The van der Waals surface area contributed by atoms with Crippen molar-refractivity contribution in [2.45, 2.75) is 6.92 Å². The quantitative estimate of drug-likeness (QED) is 0.603. The van der Waals surface area contributed by atoms with E-state index in [-0.39, 0.29) is 11.4 Å². The summed E-state index contributed by atoms with van der Waals surface area (Å²) in [6.45, 7) is 1.78. The normalized spacial score (nSPS) is 11.2. The van der Waals surface area contributed by atoms with Gasteiger partial charge >= 0.3 is 0 Å². The summed E-state index contributed by atoms with van der Waals surface area (Å²) in [5.41, 5.74) is 0.908. The molecule has 0 fully saturated rings. The molecule has 72 valence electrons. The lowest BCUT2D eigenvalue weighted by Crippen LogP contribution is -2.21. The molecule has 0 heterocycles. The summed E-state index contributed by atoms with van der Waals surface area (Å²) in [6, 6.07) is 4.54. The Kier molecular flexibility index (Phi) is 2.44. The number of aryl methyl sites for hydroxylation is 1. The number of phenols is 1. The van der Waals surface area contributed by atoms with Crippen molar-refractivity contribution in [2.24, 2.45) is 5.14 Å². The molecule has 0 aliphatic rings. The molecule has 0 aliphatic carbocycles. The van der Waals surface area contributed by atoms with Gasteiger partial charge in [-0.2, -0.15) is 8.42 Å². The largest absolute Gasteiger partial charge is 0.506 e. The lowest BCUT2D eigenvalue weighted by molar-refractivity contribution is 0.477. The molecule has 0 bridgehead atoms. The van der Waals surface area contributed by atoms with Crippen molar-refractivity contribution >= 4 is 15.9 Å². The highest BCUT2D eigenvalue weighted by atomic mass is 32.2. The van der Waals surface area contributed by atoms with Crippen LogP contribution in [-0.2, 0) is 10.2 Å². The molecule has 6 heteroatoms. The summed E-state index contributed by atoms with van der Waals surface area (Å²) < 4.78 is 23.2. The predicted octanol–water partition coefficient (Wildman–Crippen LogP) is 0.316. The summed E-state index contributed by atoms with van der Waals surface area (Å²) in [6.07, 6.45) is 0. The Morgan fingerprint density at radius 3 is 2.54 bits per heavy atom. The van der Waals surface area contributed by atoms with E-state index >= 15 is 0 Å². The van der Waals surface area contributed by atoms with Gasteiger partial charge in [0, 0.05) is 0 Å². The molecule has 0 atom stereocenters. The molecule has 0 amide bonds. The number of benzene rings is 1. The van der Waals surface area contributed by atoms with E-state index < -0.39 is 10.2 Å². The minimum absolute atomic E-state index is 0.0769. The average Bonchev–Trinajstić information content (AvgIpc) is 1.93. The van der Waals surface area contributed by atoms with Crippen LogP contribution in [0.2, 0.25) is 0 Å². The van der Waals surface area contributed by atoms with Crippen LogP contribution < -0.4 is 9.86 Å². The Balaban J connectivity index is 3.04. The summed E-state index contributed by atoms with van der Waals surface area (Å²) >= 11 is 0. The Morgan fingerprint density at radius 2 is 2.08 bits per heavy atom. The molecule has 0 radical (unpaired) electrons. The lowest BCUT2D eigenvalue weighted by Gasteiger charge is -2.05. The Hall–Kier alpha value is -1.27. The first-order valence-corrected chi connectivity index (χ1v) is 5.03. The predicted molar refractivity (Wildman–Crippen MR) is 49.6 cm³/mol. The van der Waals surface area contributed by atoms with Gasteiger partial charge in [0.2, 0.25) is 0 Å². The van der Waals surface area contributed by atoms with Gasteiger partial charge in [0.05, 0.1) is 5.69 Å². The van der Waals surface area contributed by atoms with E-state index in [4.69, 9.17) is 5.14 Å². The maximum absolute atomic E-state index is 10.6. The first kappa shape index (κ1) is 9.82. The van der Waals surface area contributed by atoms with Crippen LogP contribution in [0.5, 0.6) is 5.75 Å². The van der Waals surface area contributed by atoms with Crippen LogP contribution in [0.1, 0.15) is 5.56 Å². The third kappa shape index (κ3) is 2.92. The number of hydrogen-bond donors (Lipinski definition) is 3. The SMILES string of the molecule is Cc1ccc(NS(N)(=O)=O)c(O)c1. The molecular weight excluding hydrogens is 192 g/mol. The van der Waals surface area contributed by atoms with E-state index in [2.05, 4.69) is 0 Å². The minimum Gasteiger partial charge on any atom is -0.506 e. The van der Waals surface area contributed by atoms with Crippen molar-refractivity contribution in [2.75, 3.05) is 4.72 Å². The van der Waals surface area contributed by atoms with E-state index in [1.165, 1.54) is 12.1 Å². The fourth-order valence-corrected chi connectivity index (χ4v) is 1.36. The highest BCUT2D eigenvalue weighted by Crippen LogP contribution is 2.23. The maximum atomic E-state index is 10.6. The number of nitrogens with two attached hydrogens (primary N) is 1. The van der Waals surface area contributed by atoms with Gasteiger partial charge in [0.25, 0.3) is 10.2 Å². The smallest absolute Gasteiger partial charge is 0.296 e. The van der Waals surface area contributed by atoms with Crippen LogP contribution in [0, 0.1) is 6.92 Å². The molecule has 1 aromatic rings. The molecule has 1 aromatic carbocycles. The molecule has 13 heavy (non-hydrogen) atoms. The van der Waals surface area contributed by atoms with Crippen molar-refractivity contribution in [1.82, 2.24) is 0 Å². The zero-order valence-corrected chi connectivity index (χ0v) is 7.80. The second-order valence-corrected chi connectivity index (χ2v) is 3.96. The number of rotatable bonds is 2. The van der Waals surface area contributed by atoms with E-state index in [9.17, 15) is 13.5 Å². The van der Waals surface area contributed by atoms with Crippen molar-refractivity contribution < 1.29 is 13.5 Å². The molecular formula is C7H10N2O3S. The van der Waals surface area contributed by atoms with Crippen molar-refractivity contribution in [3.8, 4) is 5.75 Å². The van der Waals surface area contributed by atoms with E-state index in [0.29, 0.717) is 0 Å². The first-order chi connectivity index (χ1) is 5.88. The molecule has 0 saturated carbocycles. The number of aromatic hydroxyl groups is 1. The molecule has 0 aliphatic heterocycles. The molecule has 0 unspecified atom stereocenters. The molecule has 1 rings (SSSR count). The van der Waals surface area contributed by atoms with Crippen LogP contribution in [0.3, 0.4) is 0 Å². The number of hydrogen-bond acceptors (Lipinski definition) is 3. The third-order valence-electron chi connectivity index (χ3n) is 1.41. The van der Waals surface area contributed by atoms with Gasteiger partial charge in [0.15, 0.2) is 0 Å². The minimum atomic E-state index is -3.82. The van der Waals surface area contributed by atoms with Gasteiger partial charge in [-0.3, -0.25) is 4.72 Å². The second kappa shape index (κ2) is 3.23. The Bertz CT molecular complexity index is 414. The van der Waals surface area contributed by atoms with Crippen LogP contribution in [0.25, 0.3) is 0 Å². The Labute approximate surface area is 76.4 Å². The molecule has 0 saturated heterocycles. The van der Waals surface area contributed by atoms with Gasteiger partial charge in [-0.05, 0) is 24.6 Å². The van der Waals surface area contributed by atoms with Crippen LogP contribution in [-0.4, -0.2) is 13.5 Å². The fraction of sp³-hybridized carbons (Fsp3) is 0.143. The standard InChI is InChI=1S/C7H10N2O3S/c1-5-2-3-6(7(10)4-5)9-13(8,11)12/h2-4,9-10H,1H3,(H2,8,11,12). The molecule has 4 N–H and O–H groups in total. The number of nitrogens with one attached hydrogen (secondary N) is 1. The summed E-state index contributed by atoms with van der Waals surface area (Å²) in [4.78, 5) is 0. The highest BCUT2D eigenvalue weighted by molar-refractivity contribution is 7.90. The topological polar surface area (TPSA) is 92.4 Å². The van der Waals surface area contributed by atoms with Crippen molar-refractivity contribution in [3.05, 3.63) is 23.8 Å². The molecule has 0 aromatic heterocycles. The third-order valence-corrected chi connectivity index (χ3v) is 1.91. The number of anilines is 1. The second-order valence-electron chi connectivity index (χ2n) is 2.67. The average molecular weight is 202 g/mol. The van der Waals surface area contributed by atoms with Crippen molar-refractivity contribution in [1.29, 1.82) is 0 Å². The number of phenolic OH excluding ortho intramolecular Hbond substituents is 1. The fourth-order valence-electron chi connectivity index (χ4n) is 0.881. The van der Waals surface area contributed by atoms with Gasteiger partial charge in [-0.1, -0.05) is 6.07 Å². The van der Waals surface area contributed by atoms with E-state index in [1.54, 1.807) is 13.0 Å². The van der Waals surface area contributed by atoms with E-state index in [1.807, 2.05) is 4.72 Å².